The van der Waals surface area contributed by atoms with E-state index in [1.807, 2.05) is 53.2 Å². The van der Waals surface area contributed by atoms with E-state index in [4.69, 9.17) is 9.26 Å². The van der Waals surface area contributed by atoms with Gasteiger partial charge in [0, 0.05) is 33.7 Å². The molecule has 8 heteroatoms. The molecule has 29 heavy (non-hydrogen) atoms. The first-order valence-electron chi connectivity index (χ1n) is 8.94. The van der Waals surface area contributed by atoms with Crippen molar-refractivity contribution < 1.29 is 9.26 Å². The topological polar surface area (TPSA) is 82.2 Å². The number of aromatic nitrogens is 3. The molecule has 1 N–H and O–H groups in total. The highest BCUT2D eigenvalue weighted by atomic mass is 79.9. The van der Waals surface area contributed by atoms with Crippen molar-refractivity contribution in [2.45, 2.75) is 19.7 Å². The van der Waals surface area contributed by atoms with Crippen LogP contribution in [-0.2, 0) is 19.7 Å². The Morgan fingerprint density at radius 1 is 1.21 bits per heavy atom. The lowest BCUT2D eigenvalue weighted by Crippen LogP contribution is -2.17. The molecule has 0 saturated heterocycles. The Balaban J connectivity index is 1.67. The third-order valence-corrected chi connectivity index (χ3v) is 4.99. The molecule has 148 valence electrons. The Hall–Kier alpha value is -3.26. The van der Waals surface area contributed by atoms with Crippen molar-refractivity contribution in [1.82, 2.24) is 14.3 Å². The highest BCUT2D eigenvalue weighted by Crippen LogP contribution is 2.27. The summed E-state index contributed by atoms with van der Waals surface area (Å²) in [5, 5.41) is 0.911. The summed E-state index contributed by atoms with van der Waals surface area (Å²) in [7, 11) is 0. The number of ether oxygens (including phenoxy) is 1. The van der Waals surface area contributed by atoms with Crippen LogP contribution in [0.4, 0.5) is 0 Å². The Kier molecular flexibility index (Phi) is 5.26. The van der Waals surface area contributed by atoms with Crippen molar-refractivity contribution in [1.29, 1.82) is 0 Å². The molecule has 2 aromatic heterocycles. The van der Waals surface area contributed by atoms with Gasteiger partial charge in [0.15, 0.2) is 0 Å². The lowest BCUT2D eigenvalue weighted by Gasteiger charge is -2.08. The van der Waals surface area contributed by atoms with Gasteiger partial charge in [-0.05, 0) is 35.9 Å². The lowest BCUT2D eigenvalue weighted by molar-refractivity contribution is 0.258. The number of nitrogens with zero attached hydrogens (tertiary/aromatic N) is 2. The average Bonchev–Trinajstić information content (AvgIpc) is 3.19. The van der Waals surface area contributed by atoms with Crippen LogP contribution >= 0.6 is 15.9 Å². The number of hydrogen-bond acceptors (Lipinski definition) is 4. The van der Waals surface area contributed by atoms with Crippen LogP contribution in [0.25, 0.3) is 10.9 Å². The van der Waals surface area contributed by atoms with Gasteiger partial charge in [-0.15, -0.1) is 11.3 Å². The van der Waals surface area contributed by atoms with Crippen LogP contribution in [-0.4, -0.2) is 14.3 Å². The standard InChI is InChI=1S/C21H18BrN3O4/c1-2-8-24-11-15(12-25-20(26)23-21(27)29-25)18-10-17(6-7-19(18)24)28-13-14-4-3-5-16(22)9-14/h2-7,9-11H,1,8,12-13H2,(H,23,26,27). The Morgan fingerprint density at radius 2 is 2.07 bits per heavy atom. The first-order chi connectivity index (χ1) is 14.0. The van der Waals surface area contributed by atoms with E-state index in [0.29, 0.717) is 18.9 Å². The predicted molar refractivity (Wildman–Crippen MR) is 113 cm³/mol. The Bertz CT molecular complexity index is 1300. The van der Waals surface area contributed by atoms with Crippen LogP contribution in [0.5, 0.6) is 5.75 Å². The van der Waals surface area contributed by atoms with Crippen LogP contribution in [0.15, 0.2) is 79.9 Å². The molecular weight excluding hydrogens is 438 g/mol. The summed E-state index contributed by atoms with van der Waals surface area (Å²) in [5.41, 5.74) is 2.27. The fourth-order valence-corrected chi connectivity index (χ4v) is 3.67. The number of halogens is 1. The van der Waals surface area contributed by atoms with Gasteiger partial charge < -0.3 is 13.8 Å². The third-order valence-electron chi connectivity index (χ3n) is 4.50. The molecule has 0 saturated carbocycles. The summed E-state index contributed by atoms with van der Waals surface area (Å²) in [6, 6.07) is 13.7. The van der Waals surface area contributed by atoms with E-state index in [-0.39, 0.29) is 6.54 Å². The molecule has 4 aromatic rings. The molecular formula is C21H18BrN3O4. The van der Waals surface area contributed by atoms with Gasteiger partial charge in [0.2, 0.25) is 0 Å². The minimum atomic E-state index is -0.775. The van der Waals surface area contributed by atoms with E-state index in [1.54, 1.807) is 6.08 Å². The van der Waals surface area contributed by atoms with E-state index >= 15 is 0 Å². The number of fused-ring (bicyclic) bond motifs is 1. The largest absolute Gasteiger partial charge is 0.489 e. The quantitative estimate of drug-likeness (QED) is 0.431. The number of rotatable bonds is 7. The zero-order valence-electron chi connectivity index (χ0n) is 15.4. The normalized spacial score (nSPS) is 11.1. The maximum absolute atomic E-state index is 11.8. The number of H-pyrrole nitrogens is 1. The van der Waals surface area contributed by atoms with Gasteiger partial charge in [-0.2, -0.15) is 0 Å². The zero-order chi connectivity index (χ0) is 20.4. The van der Waals surface area contributed by atoms with Crippen molar-refractivity contribution >= 4 is 26.8 Å². The van der Waals surface area contributed by atoms with Gasteiger partial charge in [0.05, 0.1) is 6.54 Å². The van der Waals surface area contributed by atoms with Crippen LogP contribution in [0, 0.1) is 0 Å². The molecule has 2 heterocycles. The zero-order valence-corrected chi connectivity index (χ0v) is 17.0. The van der Waals surface area contributed by atoms with Gasteiger partial charge in [-0.3, -0.25) is 0 Å². The molecule has 0 fully saturated rings. The molecule has 0 aliphatic carbocycles. The molecule has 0 radical (unpaired) electrons. The molecule has 0 bridgehead atoms. The first-order valence-corrected chi connectivity index (χ1v) is 9.73. The number of hydrogen-bond donors (Lipinski definition) is 1. The fraction of sp³-hybridized carbons (Fsp3) is 0.143. The molecule has 4 rings (SSSR count). The number of allylic oxidation sites excluding steroid dienone is 1. The minimum absolute atomic E-state index is 0.132. The monoisotopic (exact) mass is 455 g/mol. The smallest absolute Gasteiger partial charge is 0.440 e. The summed E-state index contributed by atoms with van der Waals surface area (Å²) in [5.74, 6) is -0.0687. The lowest BCUT2D eigenvalue weighted by atomic mass is 10.1. The third kappa shape index (κ3) is 4.12. The van der Waals surface area contributed by atoms with E-state index in [2.05, 4.69) is 27.5 Å². The maximum atomic E-state index is 11.8. The van der Waals surface area contributed by atoms with Gasteiger partial charge in [0.25, 0.3) is 0 Å². The molecule has 2 aromatic carbocycles. The van der Waals surface area contributed by atoms with E-state index in [0.717, 1.165) is 31.2 Å². The highest BCUT2D eigenvalue weighted by Gasteiger charge is 2.13. The molecule has 7 nitrogen and oxygen atoms in total. The van der Waals surface area contributed by atoms with Crippen molar-refractivity contribution in [2.24, 2.45) is 0 Å². The second kappa shape index (κ2) is 8.00. The average molecular weight is 456 g/mol. The maximum Gasteiger partial charge on any atom is 0.440 e. The van der Waals surface area contributed by atoms with Crippen LogP contribution in [0.1, 0.15) is 11.1 Å². The Labute approximate surface area is 173 Å². The van der Waals surface area contributed by atoms with E-state index < -0.39 is 11.4 Å². The SMILES string of the molecule is C=CCn1cc(Cn2oc(=O)[nH]c2=O)c2cc(OCc3cccc(Br)c3)ccc21. The first kappa shape index (κ1) is 19.1. The van der Waals surface area contributed by atoms with E-state index in [9.17, 15) is 9.59 Å². The van der Waals surface area contributed by atoms with Crippen molar-refractivity contribution in [2.75, 3.05) is 0 Å². The van der Waals surface area contributed by atoms with Gasteiger partial charge in [-0.25, -0.2) is 14.6 Å². The second-order valence-electron chi connectivity index (χ2n) is 6.54. The summed E-state index contributed by atoms with van der Waals surface area (Å²) in [6.07, 6.45) is 3.72. The molecule has 0 spiro atoms. The number of benzene rings is 2. The second-order valence-corrected chi connectivity index (χ2v) is 7.45. The summed E-state index contributed by atoms with van der Waals surface area (Å²) < 4.78 is 14.9. The predicted octanol–water partition coefficient (Wildman–Crippen LogP) is 3.66. The van der Waals surface area contributed by atoms with Gasteiger partial charge in [-0.1, -0.05) is 34.1 Å². The molecule has 0 aliphatic rings. The fourth-order valence-electron chi connectivity index (χ4n) is 3.22. The molecule has 0 amide bonds. The van der Waals surface area contributed by atoms with Gasteiger partial charge >= 0.3 is 11.4 Å². The number of aromatic amines is 1. The summed E-state index contributed by atoms with van der Waals surface area (Å²) in [6.45, 7) is 4.97. The number of nitrogens with one attached hydrogen (secondary N) is 1. The van der Waals surface area contributed by atoms with E-state index in [1.165, 1.54) is 0 Å². The Morgan fingerprint density at radius 3 is 2.79 bits per heavy atom. The molecule has 0 atom stereocenters. The van der Waals surface area contributed by atoms with Crippen molar-refractivity contribution in [3.63, 3.8) is 0 Å². The highest BCUT2D eigenvalue weighted by molar-refractivity contribution is 9.10. The summed E-state index contributed by atoms with van der Waals surface area (Å²) >= 11 is 3.46. The minimum Gasteiger partial charge on any atom is -0.489 e. The summed E-state index contributed by atoms with van der Waals surface area (Å²) in [4.78, 5) is 25.2. The van der Waals surface area contributed by atoms with Gasteiger partial charge in [0.1, 0.15) is 12.4 Å². The molecule has 0 unspecified atom stereocenters. The van der Waals surface area contributed by atoms with Crippen LogP contribution < -0.4 is 16.2 Å². The van der Waals surface area contributed by atoms with Crippen LogP contribution in [0.2, 0.25) is 0 Å². The van der Waals surface area contributed by atoms with Crippen molar-refractivity contribution in [3.05, 3.63) is 98.0 Å². The van der Waals surface area contributed by atoms with Crippen LogP contribution in [0.3, 0.4) is 0 Å². The van der Waals surface area contributed by atoms with Crippen molar-refractivity contribution in [3.8, 4) is 5.75 Å². The molecule has 0 aliphatic heterocycles.